The Kier molecular flexibility index (Phi) is 1.55. The molecule has 0 aromatic carbocycles. The van der Waals surface area contributed by atoms with Gasteiger partial charge in [-0.1, -0.05) is 19.1 Å². The van der Waals surface area contributed by atoms with Crippen molar-refractivity contribution >= 4 is 0 Å². The van der Waals surface area contributed by atoms with E-state index in [1.54, 1.807) is 0 Å². The lowest BCUT2D eigenvalue weighted by Gasteiger charge is -2.14. The van der Waals surface area contributed by atoms with E-state index in [0.717, 1.165) is 17.8 Å². The third kappa shape index (κ3) is 0.902. The Balaban J connectivity index is 2.17. The van der Waals surface area contributed by atoms with Crippen LogP contribution in [0.25, 0.3) is 0 Å². The van der Waals surface area contributed by atoms with Crippen LogP contribution in [0.3, 0.4) is 0 Å². The molecule has 0 heteroatoms. The van der Waals surface area contributed by atoms with E-state index >= 15 is 0 Å². The van der Waals surface area contributed by atoms with Gasteiger partial charge in [-0.2, -0.15) is 0 Å². The summed E-state index contributed by atoms with van der Waals surface area (Å²) in [5.41, 5.74) is 0. The lowest BCUT2D eigenvalue weighted by atomic mass is 9.91. The molecule has 1 saturated carbocycles. The van der Waals surface area contributed by atoms with Gasteiger partial charge in [0.2, 0.25) is 0 Å². The quantitative estimate of drug-likeness (QED) is 0.449. The van der Waals surface area contributed by atoms with Gasteiger partial charge in [0, 0.05) is 0 Å². The predicted molar refractivity (Wildman–Crippen MR) is 43.8 cm³/mol. The summed E-state index contributed by atoms with van der Waals surface area (Å²) in [7, 11) is 0. The zero-order chi connectivity index (χ0) is 6.97. The average molecular weight is 136 g/mol. The number of fused-ring (bicyclic) bond motifs is 2. The molecule has 0 aromatic heterocycles. The van der Waals surface area contributed by atoms with Gasteiger partial charge in [0.05, 0.1) is 0 Å². The second kappa shape index (κ2) is 2.41. The van der Waals surface area contributed by atoms with Crippen LogP contribution in [-0.4, -0.2) is 0 Å². The van der Waals surface area contributed by atoms with Crippen LogP contribution < -0.4 is 0 Å². The standard InChI is InChI=1S/C10H16/c1-8-9-4-2-3-5-10(8)7-6-9/h2,4,8-10H,3,5-7H2,1H3/t8-,9-,10+/m1/s1. The smallest absolute Gasteiger partial charge is 0.0205 e. The van der Waals surface area contributed by atoms with Crippen molar-refractivity contribution in [3.05, 3.63) is 12.2 Å². The van der Waals surface area contributed by atoms with Crippen LogP contribution in [0.15, 0.2) is 12.2 Å². The molecule has 56 valence electrons. The summed E-state index contributed by atoms with van der Waals surface area (Å²) >= 11 is 0. The zero-order valence-electron chi connectivity index (χ0n) is 6.72. The molecule has 10 heavy (non-hydrogen) atoms. The van der Waals surface area contributed by atoms with Crippen LogP contribution in [0.2, 0.25) is 0 Å². The van der Waals surface area contributed by atoms with E-state index < -0.39 is 0 Å². The van der Waals surface area contributed by atoms with Gasteiger partial charge in [-0.3, -0.25) is 0 Å². The van der Waals surface area contributed by atoms with Crippen molar-refractivity contribution in [2.75, 3.05) is 0 Å². The maximum absolute atomic E-state index is 2.46. The Labute approximate surface area is 63.3 Å². The fraction of sp³-hybridized carbons (Fsp3) is 0.800. The van der Waals surface area contributed by atoms with E-state index in [1.807, 2.05) is 0 Å². The maximum Gasteiger partial charge on any atom is -0.0205 e. The lowest BCUT2D eigenvalue weighted by molar-refractivity contribution is 0.370. The molecule has 0 spiro atoms. The van der Waals surface area contributed by atoms with Gasteiger partial charge >= 0.3 is 0 Å². The minimum absolute atomic E-state index is 0.937. The molecular weight excluding hydrogens is 120 g/mol. The van der Waals surface area contributed by atoms with Gasteiger partial charge in [0.25, 0.3) is 0 Å². The molecule has 2 rings (SSSR count). The van der Waals surface area contributed by atoms with Gasteiger partial charge in [-0.25, -0.2) is 0 Å². The van der Waals surface area contributed by atoms with Crippen molar-refractivity contribution < 1.29 is 0 Å². The van der Waals surface area contributed by atoms with Crippen LogP contribution in [-0.2, 0) is 0 Å². The summed E-state index contributed by atoms with van der Waals surface area (Å²) in [6, 6.07) is 0. The van der Waals surface area contributed by atoms with E-state index in [9.17, 15) is 0 Å². The molecule has 0 amide bonds. The highest BCUT2D eigenvalue weighted by atomic mass is 14.4. The van der Waals surface area contributed by atoms with Crippen molar-refractivity contribution in [3.63, 3.8) is 0 Å². The molecule has 2 aliphatic rings. The average Bonchev–Trinajstić information content (AvgIpc) is 2.06. The third-order valence-electron chi connectivity index (χ3n) is 3.38. The lowest BCUT2D eigenvalue weighted by Crippen LogP contribution is -2.06. The molecule has 0 aromatic rings. The first-order valence-electron chi connectivity index (χ1n) is 4.54. The molecule has 0 aliphatic heterocycles. The summed E-state index contributed by atoms with van der Waals surface area (Å²) in [5.74, 6) is 2.98. The van der Waals surface area contributed by atoms with Crippen LogP contribution in [0.4, 0.5) is 0 Å². The van der Waals surface area contributed by atoms with E-state index in [2.05, 4.69) is 19.1 Å². The topological polar surface area (TPSA) is 0 Å². The normalized spacial score (nSPS) is 45.5. The van der Waals surface area contributed by atoms with Gasteiger partial charge < -0.3 is 0 Å². The highest BCUT2D eigenvalue weighted by molar-refractivity contribution is 5.00. The highest BCUT2D eigenvalue weighted by Gasteiger charge is 2.31. The van der Waals surface area contributed by atoms with Crippen molar-refractivity contribution in [1.82, 2.24) is 0 Å². The SMILES string of the molecule is C[C@H]1[C@H]2CCC=C[C@@H]1CC2. The van der Waals surface area contributed by atoms with Crippen LogP contribution in [0.1, 0.15) is 32.6 Å². The molecule has 0 unspecified atom stereocenters. The Morgan fingerprint density at radius 3 is 3.00 bits per heavy atom. The zero-order valence-corrected chi connectivity index (χ0v) is 6.72. The predicted octanol–water partition coefficient (Wildman–Crippen LogP) is 3.00. The molecular formula is C10H16. The molecule has 1 fully saturated rings. The van der Waals surface area contributed by atoms with Crippen LogP contribution >= 0.6 is 0 Å². The molecule has 0 saturated heterocycles. The Bertz CT molecular complexity index is 146. The van der Waals surface area contributed by atoms with E-state index in [0.29, 0.717) is 0 Å². The molecule has 3 atom stereocenters. The van der Waals surface area contributed by atoms with Crippen molar-refractivity contribution in [3.8, 4) is 0 Å². The fourth-order valence-electron chi connectivity index (χ4n) is 2.54. The first-order chi connectivity index (χ1) is 4.88. The molecule has 0 N–H and O–H groups in total. The van der Waals surface area contributed by atoms with E-state index in [4.69, 9.17) is 0 Å². The molecule has 2 aliphatic carbocycles. The number of rotatable bonds is 0. The van der Waals surface area contributed by atoms with Crippen LogP contribution in [0.5, 0.6) is 0 Å². The first-order valence-corrected chi connectivity index (χ1v) is 4.54. The Morgan fingerprint density at radius 1 is 1.20 bits per heavy atom. The van der Waals surface area contributed by atoms with Gasteiger partial charge in [0.1, 0.15) is 0 Å². The minimum atomic E-state index is 0.937. The summed E-state index contributed by atoms with van der Waals surface area (Å²) in [4.78, 5) is 0. The maximum atomic E-state index is 2.46. The fourth-order valence-corrected chi connectivity index (χ4v) is 2.54. The largest absolute Gasteiger partial charge is 0.0882 e. The number of hydrogen-bond acceptors (Lipinski definition) is 0. The van der Waals surface area contributed by atoms with Gasteiger partial charge in [0.15, 0.2) is 0 Å². The second-order valence-electron chi connectivity index (χ2n) is 3.87. The summed E-state index contributed by atoms with van der Waals surface area (Å²) in [6.07, 6.45) is 10.6. The minimum Gasteiger partial charge on any atom is -0.0882 e. The number of hydrogen-bond donors (Lipinski definition) is 0. The Hall–Kier alpha value is -0.260. The number of allylic oxidation sites excluding steroid dienone is 2. The van der Waals surface area contributed by atoms with Crippen LogP contribution in [0, 0.1) is 17.8 Å². The summed E-state index contributed by atoms with van der Waals surface area (Å²) in [5, 5.41) is 0. The van der Waals surface area contributed by atoms with Crippen molar-refractivity contribution in [2.45, 2.75) is 32.6 Å². The van der Waals surface area contributed by atoms with Crippen molar-refractivity contribution in [2.24, 2.45) is 17.8 Å². The molecule has 0 nitrogen and oxygen atoms in total. The molecule has 0 heterocycles. The second-order valence-corrected chi connectivity index (χ2v) is 3.87. The van der Waals surface area contributed by atoms with E-state index in [1.165, 1.54) is 25.7 Å². The summed E-state index contributed by atoms with van der Waals surface area (Å²) in [6.45, 7) is 2.43. The first kappa shape index (κ1) is 6.45. The summed E-state index contributed by atoms with van der Waals surface area (Å²) < 4.78 is 0. The molecule has 2 bridgehead atoms. The van der Waals surface area contributed by atoms with Gasteiger partial charge in [-0.05, 0) is 43.4 Å². The Morgan fingerprint density at radius 2 is 2.10 bits per heavy atom. The monoisotopic (exact) mass is 136 g/mol. The molecule has 0 radical (unpaired) electrons. The van der Waals surface area contributed by atoms with Gasteiger partial charge in [-0.15, -0.1) is 0 Å². The third-order valence-corrected chi connectivity index (χ3v) is 3.38. The van der Waals surface area contributed by atoms with Crippen molar-refractivity contribution in [1.29, 1.82) is 0 Å². The highest BCUT2D eigenvalue weighted by Crippen LogP contribution is 2.41. The van der Waals surface area contributed by atoms with E-state index in [-0.39, 0.29) is 0 Å².